The van der Waals surface area contributed by atoms with Crippen LogP contribution < -0.4 is 10.1 Å². The summed E-state index contributed by atoms with van der Waals surface area (Å²) >= 11 is 6.16. The van der Waals surface area contributed by atoms with Crippen LogP contribution in [0.25, 0.3) is 11.3 Å². The smallest absolute Gasteiger partial charge is 0.416 e. The van der Waals surface area contributed by atoms with Gasteiger partial charge in [0, 0.05) is 10.6 Å². The number of methoxy groups -OCH3 is 1. The Bertz CT molecular complexity index is 1180. The van der Waals surface area contributed by atoms with Gasteiger partial charge in [-0.2, -0.15) is 13.2 Å². The molecule has 1 aromatic heterocycles. The number of nitrogens with one attached hydrogen (secondary N) is 1. The zero-order chi connectivity index (χ0) is 24.2. The summed E-state index contributed by atoms with van der Waals surface area (Å²) < 4.78 is 44.6. The number of hydrogen-bond donors (Lipinski definition) is 2. The summed E-state index contributed by atoms with van der Waals surface area (Å²) in [6.07, 6.45) is -5.00. The highest BCUT2D eigenvalue weighted by Crippen LogP contribution is 2.34. The van der Waals surface area contributed by atoms with Gasteiger partial charge in [0.25, 0.3) is 5.91 Å². The van der Waals surface area contributed by atoms with Crippen molar-refractivity contribution in [2.24, 2.45) is 0 Å². The molecule has 0 saturated heterocycles. The third-order valence-corrected chi connectivity index (χ3v) is 5.08. The van der Waals surface area contributed by atoms with Gasteiger partial charge in [0.1, 0.15) is 17.1 Å². The van der Waals surface area contributed by atoms with E-state index in [-0.39, 0.29) is 27.7 Å². The van der Waals surface area contributed by atoms with Crippen molar-refractivity contribution in [3.05, 3.63) is 82.5 Å². The van der Waals surface area contributed by atoms with Crippen molar-refractivity contribution in [2.45, 2.75) is 18.6 Å². The largest absolute Gasteiger partial charge is 0.494 e. The molecule has 6 nitrogen and oxygen atoms in total. The van der Waals surface area contributed by atoms with Gasteiger partial charge in [0.15, 0.2) is 0 Å². The number of benzene rings is 2. The SMILES string of the molecule is COc1ccc(C(=O)NC(CC(=O)O)c2ccccc2Cl)nc1-c1cccc(C(F)(F)F)c1. The number of halogens is 4. The third kappa shape index (κ3) is 5.81. The van der Waals surface area contributed by atoms with Crippen molar-refractivity contribution in [1.29, 1.82) is 0 Å². The lowest BCUT2D eigenvalue weighted by molar-refractivity contribution is -0.138. The van der Waals surface area contributed by atoms with Gasteiger partial charge in [-0.15, -0.1) is 0 Å². The van der Waals surface area contributed by atoms with E-state index in [1.54, 1.807) is 24.3 Å². The van der Waals surface area contributed by atoms with E-state index in [9.17, 15) is 27.9 Å². The van der Waals surface area contributed by atoms with Crippen molar-refractivity contribution < 1.29 is 32.6 Å². The van der Waals surface area contributed by atoms with Crippen LogP contribution in [-0.4, -0.2) is 29.1 Å². The molecule has 33 heavy (non-hydrogen) atoms. The van der Waals surface area contributed by atoms with Crippen LogP contribution >= 0.6 is 11.6 Å². The second-order valence-corrected chi connectivity index (χ2v) is 7.38. The molecular weight excluding hydrogens is 461 g/mol. The van der Waals surface area contributed by atoms with Crippen LogP contribution in [0.4, 0.5) is 13.2 Å². The number of hydrogen-bond acceptors (Lipinski definition) is 4. The fourth-order valence-corrected chi connectivity index (χ4v) is 3.46. The first-order valence-corrected chi connectivity index (χ1v) is 9.97. The summed E-state index contributed by atoms with van der Waals surface area (Å²) in [5.41, 5.74) is -0.473. The average molecular weight is 479 g/mol. The first-order valence-electron chi connectivity index (χ1n) is 9.60. The van der Waals surface area contributed by atoms with Gasteiger partial charge in [0.2, 0.25) is 0 Å². The van der Waals surface area contributed by atoms with Crippen molar-refractivity contribution in [2.75, 3.05) is 7.11 Å². The number of alkyl halides is 3. The molecule has 172 valence electrons. The van der Waals surface area contributed by atoms with Gasteiger partial charge < -0.3 is 15.2 Å². The quantitative estimate of drug-likeness (QED) is 0.476. The number of carboxylic acids is 1. The fourth-order valence-electron chi connectivity index (χ4n) is 3.19. The highest BCUT2D eigenvalue weighted by atomic mass is 35.5. The van der Waals surface area contributed by atoms with E-state index in [2.05, 4.69) is 10.3 Å². The fraction of sp³-hybridized carbons (Fsp3) is 0.174. The monoisotopic (exact) mass is 478 g/mol. The molecule has 2 N–H and O–H groups in total. The number of pyridine rings is 1. The zero-order valence-corrected chi connectivity index (χ0v) is 17.9. The Morgan fingerprint density at radius 1 is 1.12 bits per heavy atom. The summed E-state index contributed by atoms with van der Waals surface area (Å²) in [6.45, 7) is 0. The van der Waals surface area contributed by atoms with Gasteiger partial charge in [-0.3, -0.25) is 9.59 Å². The van der Waals surface area contributed by atoms with Crippen LogP contribution in [0.15, 0.2) is 60.7 Å². The van der Waals surface area contributed by atoms with Gasteiger partial charge in [-0.1, -0.05) is 41.9 Å². The Morgan fingerprint density at radius 2 is 1.85 bits per heavy atom. The molecule has 3 rings (SSSR count). The summed E-state index contributed by atoms with van der Waals surface area (Å²) in [6, 6.07) is 12.7. The van der Waals surface area contributed by atoms with Crippen LogP contribution in [0, 0.1) is 0 Å². The summed E-state index contributed by atoms with van der Waals surface area (Å²) in [5.74, 6) is -1.72. The van der Waals surface area contributed by atoms with Crippen molar-refractivity contribution in [1.82, 2.24) is 10.3 Å². The summed E-state index contributed by atoms with van der Waals surface area (Å²) in [5, 5.41) is 12.1. The number of nitrogens with zero attached hydrogens (tertiary/aromatic N) is 1. The van der Waals surface area contributed by atoms with E-state index >= 15 is 0 Å². The minimum atomic E-state index is -4.56. The molecule has 0 radical (unpaired) electrons. The second kappa shape index (κ2) is 9.91. The van der Waals surface area contributed by atoms with Gasteiger partial charge in [-0.05, 0) is 35.9 Å². The van der Waals surface area contributed by atoms with Crippen LogP contribution in [0.3, 0.4) is 0 Å². The molecule has 0 aliphatic carbocycles. The molecular formula is C23H18ClF3N2O4. The van der Waals surface area contributed by atoms with Crippen LogP contribution in [0.5, 0.6) is 5.75 Å². The number of ether oxygens (including phenoxy) is 1. The number of rotatable bonds is 7. The molecule has 0 spiro atoms. The molecule has 0 fully saturated rings. The highest BCUT2D eigenvalue weighted by Gasteiger charge is 2.31. The lowest BCUT2D eigenvalue weighted by atomic mass is 10.0. The molecule has 0 aliphatic heterocycles. The number of carbonyl (C=O) groups excluding carboxylic acids is 1. The van der Waals surface area contributed by atoms with Crippen LogP contribution in [0.2, 0.25) is 5.02 Å². The Morgan fingerprint density at radius 3 is 2.48 bits per heavy atom. The molecule has 1 atom stereocenters. The van der Waals surface area contributed by atoms with Gasteiger partial charge >= 0.3 is 12.1 Å². The van der Waals surface area contributed by atoms with E-state index in [1.807, 2.05) is 0 Å². The van der Waals surface area contributed by atoms with E-state index in [4.69, 9.17) is 16.3 Å². The van der Waals surface area contributed by atoms with E-state index in [0.717, 1.165) is 12.1 Å². The number of carbonyl (C=O) groups is 2. The lowest BCUT2D eigenvalue weighted by Crippen LogP contribution is -2.31. The summed E-state index contributed by atoms with van der Waals surface area (Å²) in [4.78, 5) is 28.4. The number of aromatic nitrogens is 1. The molecule has 1 amide bonds. The predicted octanol–water partition coefficient (Wildman–Crippen LogP) is 5.38. The molecule has 0 saturated carbocycles. The van der Waals surface area contributed by atoms with E-state index in [1.165, 1.54) is 31.4 Å². The van der Waals surface area contributed by atoms with Gasteiger partial charge in [0.05, 0.1) is 25.1 Å². The van der Waals surface area contributed by atoms with Crippen molar-refractivity contribution in [3.63, 3.8) is 0 Å². The van der Waals surface area contributed by atoms with Gasteiger partial charge in [-0.25, -0.2) is 4.98 Å². The molecule has 10 heteroatoms. The van der Waals surface area contributed by atoms with E-state index < -0.39 is 36.1 Å². The highest BCUT2D eigenvalue weighted by molar-refractivity contribution is 6.31. The zero-order valence-electron chi connectivity index (χ0n) is 17.2. The first-order chi connectivity index (χ1) is 15.6. The van der Waals surface area contributed by atoms with Crippen LogP contribution in [0.1, 0.15) is 34.1 Å². The standard InChI is InChI=1S/C23H18ClF3N2O4/c1-33-19-10-9-17(28-21(19)13-5-4-6-14(11-13)23(25,26)27)22(32)29-18(12-20(30)31)15-7-2-3-8-16(15)24/h2-11,18H,12H2,1H3,(H,29,32)(H,30,31). The molecule has 2 aromatic carbocycles. The molecule has 0 bridgehead atoms. The topological polar surface area (TPSA) is 88.5 Å². The molecule has 1 heterocycles. The minimum absolute atomic E-state index is 0.0313. The Kier molecular flexibility index (Phi) is 7.23. The Hall–Kier alpha value is -3.59. The Balaban J connectivity index is 1.97. The third-order valence-electron chi connectivity index (χ3n) is 4.74. The van der Waals surface area contributed by atoms with Crippen molar-refractivity contribution in [3.8, 4) is 17.0 Å². The number of carboxylic acid groups (broad SMARTS) is 1. The summed E-state index contributed by atoms with van der Waals surface area (Å²) in [7, 11) is 1.33. The normalized spacial score (nSPS) is 12.2. The minimum Gasteiger partial charge on any atom is -0.494 e. The number of amides is 1. The molecule has 0 aliphatic rings. The second-order valence-electron chi connectivity index (χ2n) is 6.97. The maximum absolute atomic E-state index is 13.1. The maximum atomic E-state index is 13.1. The van der Waals surface area contributed by atoms with Crippen molar-refractivity contribution >= 4 is 23.5 Å². The van der Waals surface area contributed by atoms with Crippen LogP contribution in [-0.2, 0) is 11.0 Å². The van der Waals surface area contributed by atoms with E-state index in [0.29, 0.717) is 5.56 Å². The average Bonchev–Trinajstić information content (AvgIpc) is 2.77. The molecule has 3 aromatic rings. The maximum Gasteiger partial charge on any atom is 0.416 e. The lowest BCUT2D eigenvalue weighted by Gasteiger charge is -2.19. The number of aliphatic carboxylic acids is 1. The first kappa shape index (κ1) is 24.1. The molecule has 1 unspecified atom stereocenters. The Labute approximate surface area is 192 Å². The predicted molar refractivity (Wildman–Crippen MR) is 115 cm³/mol.